The van der Waals surface area contributed by atoms with E-state index in [0.29, 0.717) is 16.8 Å². The Bertz CT molecular complexity index is 1050. The monoisotopic (exact) mass is 467 g/mol. The highest BCUT2D eigenvalue weighted by atomic mass is 16.7. The molecule has 1 aliphatic rings. The third-order valence-electron chi connectivity index (χ3n) is 6.04. The van der Waals surface area contributed by atoms with Gasteiger partial charge in [-0.2, -0.15) is 0 Å². The van der Waals surface area contributed by atoms with Crippen molar-refractivity contribution in [1.82, 2.24) is 5.32 Å². The average molecular weight is 467 g/mol. The van der Waals surface area contributed by atoms with Crippen molar-refractivity contribution in [2.75, 3.05) is 13.7 Å². The molecule has 1 fully saturated rings. The highest BCUT2D eigenvalue weighted by Gasteiger charge is 2.52. The summed E-state index contributed by atoms with van der Waals surface area (Å²) in [5.74, 6) is -0.586. The third-order valence-corrected chi connectivity index (χ3v) is 6.04. The molecule has 1 amide bonds. The summed E-state index contributed by atoms with van der Waals surface area (Å²) in [6.45, 7) is 7.82. The van der Waals surface area contributed by atoms with Crippen LogP contribution in [0.4, 0.5) is 4.79 Å². The van der Waals surface area contributed by atoms with Gasteiger partial charge < -0.3 is 29.2 Å². The molecule has 1 heterocycles. The molecule has 2 aromatic carbocycles. The summed E-state index contributed by atoms with van der Waals surface area (Å²) >= 11 is 0. The van der Waals surface area contributed by atoms with Crippen LogP contribution in [0, 0.1) is 0 Å². The van der Waals surface area contributed by atoms with Crippen LogP contribution in [-0.2, 0) is 20.7 Å². The van der Waals surface area contributed by atoms with E-state index in [-0.39, 0.29) is 18.7 Å². The standard InChI is InChI=1S/C25H30BNO7/c1-24(2)25(3,4)34-26(33-24)19(13-18-14-20(31-5)11-12-21(18)22(28)29)15-27-23(30)32-16-17-9-7-6-8-10-17/h6-14H,15-16H2,1-5H3,(H,27,30)(H,28,29). The van der Waals surface area contributed by atoms with E-state index in [0.717, 1.165) is 5.56 Å². The fourth-order valence-corrected chi connectivity index (χ4v) is 3.33. The van der Waals surface area contributed by atoms with Crippen molar-refractivity contribution in [2.45, 2.75) is 45.5 Å². The minimum absolute atomic E-state index is 0.0285. The van der Waals surface area contributed by atoms with Gasteiger partial charge in [0.25, 0.3) is 0 Å². The molecule has 0 atom stereocenters. The SMILES string of the molecule is COc1ccc(C(=O)O)c(C=C(CNC(=O)OCc2ccccc2)B2OC(C)(C)C(C)(C)O2)c1. The Balaban J connectivity index is 1.85. The molecule has 2 aromatic rings. The summed E-state index contributed by atoms with van der Waals surface area (Å²) in [6.07, 6.45) is 1.03. The molecule has 0 radical (unpaired) electrons. The lowest BCUT2D eigenvalue weighted by atomic mass is 9.76. The fraction of sp³-hybridized carbons (Fsp3) is 0.360. The zero-order valence-electron chi connectivity index (χ0n) is 20.1. The number of amides is 1. The number of carboxylic acids is 1. The van der Waals surface area contributed by atoms with Gasteiger partial charge >= 0.3 is 19.2 Å². The molecule has 1 saturated heterocycles. The van der Waals surface area contributed by atoms with E-state index in [1.165, 1.54) is 13.2 Å². The number of rotatable bonds is 8. The fourth-order valence-electron chi connectivity index (χ4n) is 3.33. The summed E-state index contributed by atoms with van der Waals surface area (Å²) in [4.78, 5) is 24.2. The molecule has 2 N–H and O–H groups in total. The quantitative estimate of drug-likeness (QED) is 0.557. The van der Waals surface area contributed by atoms with Gasteiger partial charge in [-0.15, -0.1) is 0 Å². The van der Waals surface area contributed by atoms with Crippen molar-refractivity contribution >= 4 is 25.3 Å². The first kappa shape index (κ1) is 25.3. The Morgan fingerprint density at radius 2 is 1.71 bits per heavy atom. The molecule has 0 aliphatic carbocycles. The Morgan fingerprint density at radius 1 is 1.06 bits per heavy atom. The molecular weight excluding hydrogens is 437 g/mol. The maximum atomic E-state index is 12.4. The molecule has 1 aliphatic heterocycles. The number of carbonyl (C=O) groups excluding carboxylic acids is 1. The highest BCUT2D eigenvalue weighted by molar-refractivity contribution is 6.56. The van der Waals surface area contributed by atoms with Crippen LogP contribution in [0.25, 0.3) is 6.08 Å². The van der Waals surface area contributed by atoms with Crippen LogP contribution < -0.4 is 10.1 Å². The van der Waals surface area contributed by atoms with E-state index in [4.69, 9.17) is 18.8 Å². The summed E-state index contributed by atoms with van der Waals surface area (Å²) in [6, 6.07) is 14.0. The number of aromatic carboxylic acids is 1. The lowest BCUT2D eigenvalue weighted by molar-refractivity contribution is 0.00578. The number of carboxylic acid groups (broad SMARTS) is 1. The molecule has 9 heteroatoms. The first-order chi connectivity index (χ1) is 16.0. The number of benzene rings is 2. The van der Waals surface area contributed by atoms with Crippen LogP contribution >= 0.6 is 0 Å². The molecule has 180 valence electrons. The number of hydrogen-bond donors (Lipinski definition) is 2. The minimum atomic E-state index is -1.09. The van der Waals surface area contributed by atoms with E-state index < -0.39 is 30.4 Å². The number of nitrogens with one attached hydrogen (secondary N) is 1. The number of ether oxygens (including phenoxy) is 2. The van der Waals surface area contributed by atoms with Crippen molar-refractivity contribution < 1.29 is 33.5 Å². The van der Waals surface area contributed by atoms with Crippen LogP contribution in [0.5, 0.6) is 5.75 Å². The molecule has 3 rings (SSSR count). The van der Waals surface area contributed by atoms with Gasteiger partial charge in [-0.25, -0.2) is 9.59 Å². The number of alkyl carbamates (subject to hydrolysis) is 1. The van der Waals surface area contributed by atoms with E-state index in [2.05, 4.69) is 5.32 Å². The van der Waals surface area contributed by atoms with Gasteiger partial charge in [0.05, 0.1) is 23.9 Å². The molecule has 8 nitrogen and oxygen atoms in total. The Kier molecular flexibility index (Phi) is 7.69. The first-order valence-electron chi connectivity index (χ1n) is 10.9. The van der Waals surface area contributed by atoms with Gasteiger partial charge in [0.15, 0.2) is 0 Å². The van der Waals surface area contributed by atoms with E-state index in [1.807, 2.05) is 58.0 Å². The highest BCUT2D eigenvalue weighted by Crippen LogP contribution is 2.39. The number of methoxy groups -OCH3 is 1. The second-order valence-corrected chi connectivity index (χ2v) is 8.98. The van der Waals surface area contributed by atoms with Gasteiger partial charge in [-0.3, -0.25) is 0 Å². The van der Waals surface area contributed by atoms with Crippen LogP contribution in [0.15, 0.2) is 54.0 Å². The van der Waals surface area contributed by atoms with Gasteiger partial charge in [-0.05, 0) is 62.5 Å². The molecule has 0 spiro atoms. The topological polar surface area (TPSA) is 103 Å². The molecule has 0 unspecified atom stereocenters. The Morgan fingerprint density at radius 3 is 2.29 bits per heavy atom. The Labute approximate surface area is 200 Å². The lowest BCUT2D eigenvalue weighted by Crippen LogP contribution is -2.41. The van der Waals surface area contributed by atoms with Crippen molar-refractivity contribution in [3.8, 4) is 5.75 Å². The summed E-state index contributed by atoms with van der Waals surface area (Å²) in [5, 5.41) is 12.4. The van der Waals surface area contributed by atoms with Crippen molar-refractivity contribution in [2.24, 2.45) is 0 Å². The molecule has 34 heavy (non-hydrogen) atoms. The summed E-state index contributed by atoms with van der Waals surface area (Å²) < 4.78 is 22.9. The molecule has 0 bridgehead atoms. The first-order valence-corrected chi connectivity index (χ1v) is 10.9. The maximum absolute atomic E-state index is 12.4. The average Bonchev–Trinajstić information content (AvgIpc) is 3.02. The zero-order chi connectivity index (χ0) is 24.9. The van der Waals surface area contributed by atoms with Crippen LogP contribution in [-0.4, -0.2) is 49.1 Å². The normalized spacial score (nSPS) is 16.7. The predicted octanol–water partition coefficient (Wildman–Crippen LogP) is 4.33. The molecular formula is C25H30BNO7. The second kappa shape index (κ2) is 10.3. The van der Waals surface area contributed by atoms with Crippen molar-refractivity contribution in [3.05, 3.63) is 70.7 Å². The zero-order valence-corrected chi connectivity index (χ0v) is 20.1. The Hall–Kier alpha value is -3.30. The van der Waals surface area contributed by atoms with Crippen LogP contribution in [0.2, 0.25) is 0 Å². The molecule has 0 saturated carbocycles. The van der Waals surface area contributed by atoms with E-state index in [9.17, 15) is 14.7 Å². The number of hydrogen-bond acceptors (Lipinski definition) is 6. The smallest absolute Gasteiger partial charge is 0.492 e. The summed E-state index contributed by atoms with van der Waals surface area (Å²) in [5.41, 5.74) is 0.647. The summed E-state index contributed by atoms with van der Waals surface area (Å²) in [7, 11) is 0.704. The lowest BCUT2D eigenvalue weighted by Gasteiger charge is -2.32. The maximum Gasteiger partial charge on any atom is 0.492 e. The van der Waals surface area contributed by atoms with Gasteiger partial charge in [0.1, 0.15) is 12.4 Å². The molecule has 0 aromatic heterocycles. The third kappa shape index (κ3) is 5.98. The van der Waals surface area contributed by atoms with Gasteiger partial charge in [0.2, 0.25) is 0 Å². The number of carbonyl (C=O) groups is 2. The van der Waals surface area contributed by atoms with E-state index in [1.54, 1.807) is 18.2 Å². The van der Waals surface area contributed by atoms with Crippen molar-refractivity contribution in [1.29, 1.82) is 0 Å². The van der Waals surface area contributed by atoms with Gasteiger partial charge in [0, 0.05) is 6.54 Å². The second-order valence-electron chi connectivity index (χ2n) is 8.98. The van der Waals surface area contributed by atoms with Crippen LogP contribution in [0.3, 0.4) is 0 Å². The van der Waals surface area contributed by atoms with Gasteiger partial charge in [-0.1, -0.05) is 36.4 Å². The van der Waals surface area contributed by atoms with E-state index >= 15 is 0 Å². The van der Waals surface area contributed by atoms with Crippen molar-refractivity contribution in [3.63, 3.8) is 0 Å². The predicted molar refractivity (Wildman–Crippen MR) is 129 cm³/mol. The minimum Gasteiger partial charge on any atom is -0.497 e. The largest absolute Gasteiger partial charge is 0.497 e. The van der Waals surface area contributed by atoms with Crippen LogP contribution in [0.1, 0.15) is 49.2 Å².